The van der Waals surface area contributed by atoms with Gasteiger partial charge in [-0.1, -0.05) is 12.1 Å². The Morgan fingerprint density at radius 3 is 2.42 bits per heavy atom. The highest BCUT2D eigenvalue weighted by Gasteiger charge is 2.29. The molecule has 1 unspecified atom stereocenters. The fourth-order valence-corrected chi connectivity index (χ4v) is 2.53. The Morgan fingerprint density at radius 1 is 1.04 bits per heavy atom. The van der Waals surface area contributed by atoms with E-state index in [1.54, 1.807) is 24.3 Å². The SMILES string of the molecule is NC(N)=N/N=C1\CC(c2ccc(O)cc2)Oc2cc(O)cc(O)c21. The Kier molecular flexibility index (Phi) is 3.87. The van der Waals surface area contributed by atoms with E-state index in [0.29, 0.717) is 17.7 Å². The third kappa shape index (κ3) is 3.02. The summed E-state index contributed by atoms with van der Waals surface area (Å²) in [6.07, 6.45) is -0.139. The van der Waals surface area contributed by atoms with Crippen LogP contribution in [0, 0.1) is 0 Å². The second-order valence-electron chi connectivity index (χ2n) is 5.31. The molecule has 8 heteroatoms. The first-order valence-corrected chi connectivity index (χ1v) is 7.11. The van der Waals surface area contributed by atoms with Crippen molar-refractivity contribution in [3.8, 4) is 23.0 Å². The summed E-state index contributed by atoms with van der Waals surface area (Å²) in [5.41, 5.74) is 12.2. The molecule has 0 fully saturated rings. The van der Waals surface area contributed by atoms with Crippen LogP contribution in [0.3, 0.4) is 0 Å². The van der Waals surface area contributed by atoms with Gasteiger partial charge < -0.3 is 31.5 Å². The van der Waals surface area contributed by atoms with E-state index in [4.69, 9.17) is 16.2 Å². The molecule has 0 spiro atoms. The van der Waals surface area contributed by atoms with Gasteiger partial charge in [-0.15, -0.1) is 5.10 Å². The summed E-state index contributed by atoms with van der Waals surface area (Å²) in [6, 6.07) is 9.08. The standard InChI is InChI=1S/C16H16N4O4/c17-16(18)20-19-11-7-13(8-1-3-9(21)4-2-8)24-14-6-10(22)5-12(23)15(11)14/h1-6,13,21-23H,7H2,(H4,17,18,20)/b19-11+. The molecule has 7 N–H and O–H groups in total. The zero-order valence-electron chi connectivity index (χ0n) is 12.5. The van der Waals surface area contributed by atoms with Gasteiger partial charge in [0.15, 0.2) is 0 Å². The molecule has 0 aliphatic carbocycles. The van der Waals surface area contributed by atoms with Crippen molar-refractivity contribution in [2.75, 3.05) is 0 Å². The number of hydrogen-bond donors (Lipinski definition) is 5. The topological polar surface area (TPSA) is 147 Å². The molecule has 0 radical (unpaired) electrons. The van der Waals surface area contributed by atoms with Gasteiger partial charge in [-0.25, -0.2) is 0 Å². The molecule has 2 aromatic rings. The molecular weight excluding hydrogens is 312 g/mol. The normalized spacial score (nSPS) is 17.8. The minimum atomic E-state index is -0.438. The molecule has 0 amide bonds. The Bertz CT molecular complexity index is 827. The van der Waals surface area contributed by atoms with E-state index in [-0.39, 0.29) is 29.0 Å². The van der Waals surface area contributed by atoms with Gasteiger partial charge in [0.05, 0.1) is 11.3 Å². The minimum absolute atomic E-state index is 0.139. The minimum Gasteiger partial charge on any atom is -0.508 e. The number of hydrogen-bond acceptors (Lipinski definition) is 6. The largest absolute Gasteiger partial charge is 0.508 e. The highest BCUT2D eigenvalue weighted by molar-refractivity contribution is 6.06. The van der Waals surface area contributed by atoms with Crippen molar-refractivity contribution < 1.29 is 20.1 Å². The average Bonchev–Trinajstić information content (AvgIpc) is 2.52. The smallest absolute Gasteiger partial charge is 0.211 e. The maximum absolute atomic E-state index is 10.1. The number of phenolic OH excluding ortho intramolecular Hbond substituents is 3. The third-order valence-electron chi connectivity index (χ3n) is 3.55. The summed E-state index contributed by atoms with van der Waals surface area (Å²) in [5.74, 6) is -0.131. The van der Waals surface area contributed by atoms with Crippen molar-refractivity contribution >= 4 is 11.7 Å². The second kappa shape index (κ2) is 5.99. The van der Waals surface area contributed by atoms with Crippen molar-refractivity contribution in [2.24, 2.45) is 21.7 Å². The van der Waals surface area contributed by atoms with Crippen LogP contribution in [0.5, 0.6) is 23.0 Å². The van der Waals surface area contributed by atoms with Crippen LogP contribution in [-0.2, 0) is 0 Å². The molecule has 24 heavy (non-hydrogen) atoms. The molecule has 1 heterocycles. The predicted molar refractivity (Wildman–Crippen MR) is 88.2 cm³/mol. The third-order valence-corrected chi connectivity index (χ3v) is 3.55. The number of rotatable bonds is 2. The van der Waals surface area contributed by atoms with Gasteiger partial charge in [-0.05, 0) is 17.7 Å². The van der Waals surface area contributed by atoms with Crippen LogP contribution in [0.1, 0.15) is 23.7 Å². The fraction of sp³-hybridized carbons (Fsp3) is 0.125. The van der Waals surface area contributed by atoms with E-state index in [2.05, 4.69) is 10.2 Å². The van der Waals surface area contributed by atoms with Crippen LogP contribution in [-0.4, -0.2) is 27.0 Å². The van der Waals surface area contributed by atoms with Crippen LogP contribution < -0.4 is 16.2 Å². The maximum Gasteiger partial charge on any atom is 0.211 e. The van der Waals surface area contributed by atoms with Crippen molar-refractivity contribution in [2.45, 2.75) is 12.5 Å². The Balaban J connectivity index is 2.08. The Hall–Kier alpha value is -3.42. The van der Waals surface area contributed by atoms with Crippen LogP contribution in [0.2, 0.25) is 0 Å². The van der Waals surface area contributed by atoms with Crippen molar-refractivity contribution in [1.82, 2.24) is 0 Å². The van der Waals surface area contributed by atoms with Gasteiger partial charge in [0, 0.05) is 18.6 Å². The van der Waals surface area contributed by atoms with E-state index in [9.17, 15) is 15.3 Å². The number of phenols is 3. The fourth-order valence-electron chi connectivity index (χ4n) is 2.53. The first-order valence-electron chi connectivity index (χ1n) is 7.11. The maximum atomic E-state index is 10.1. The number of fused-ring (bicyclic) bond motifs is 1. The molecule has 3 rings (SSSR count). The first kappa shape index (κ1) is 15.5. The molecule has 1 aliphatic rings. The lowest BCUT2D eigenvalue weighted by Gasteiger charge is -2.27. The van der Waals surface area contributed by atoms with Gasteiger partial charge >= 0.3 is 0 Å². The van der Waals surface area contributed by atoms with E-state index in [1.807, 2.05) is 0 Å². The summed E-state index contributed by atoms with van der Waals surface area (Å²) in [6.45, 7) is 0. The van der Waals surface area contributed by atoms with Gasteiger partial charge in [0.1, 0.15) is 29.1 Å². The Labute approximate surface area is 137 Å². The zero-order chi connectivity index (χ0) is 17.3. The van der Waals surface area contributed by atoms with E-state index in [0.717, 1.165) is 5.56 Å². The average molecular weight is 328 g/mol. The number of aromatic hydroxyl groups is 3. The summed E-state index contributed by atoms with van der Waals surface area (Å²) in [4.78, 5) is 0. The van der Waals surface area contributed by atoms with Crippen molar-refractivity contribution in [3.63, 3.8) is 0 Å². The molecule has 0 bridgehead atoms. The number of guanidine groups is 1. The second-order valence-corrected chi connectivity index (χ2v) is 5.31. The van der Waals surface area contributed by atoms with E-state index < -0.39 is 6.10 Å². The lowest BCUT2D eigenvalue weighted by Crippen LogP contribution is -2.24. The summed E-state index contributed by atoms with van der Waals surface area (Å²) in [7, 11) is 0. The lowest BCUT2D eigenvalue weighted by molar-refractivity contribution is 0.204. The predicted octanol–water partition coefficient (Wildman–Crippen LogP) is 1.30. The summed E-state index contributed by atoms with van der Waals surface area (Å²) >= 11 is 0. The molecule has 0 aromatic heterocycles. The van der Waals surface area contributed by atoms with Crippen LogP contribution in [0.15, 0.2) is 46.6 Å². The van der Waals surface area contributed by atoms with Crippen molar-refractivity contribution in [1.29, 1.82) is 0 Å². The molecule has 0 saturated carbocycles. The van der Waals surface area contributed by atoms with Crippen molar-refractivity contribution in [3.05, 3.63) is 47.5 Å². The molecule has 1 atom stereocenters. The molecule has 124 valence electrons. The van der Waals surface area contributed by atoms with Gasteiger partial charge in [-0.3, -0.25) is 0 Å². The molecule has 1 aliphatic heterocycles. The van der Waals surface area contributed by atoms with Gasteiger partial charge in [0.2, 0.25) is 5.96 Å². The molecule has 2 aromatic carbocycles. The quantitative estimate of drug-likeness (QED) is 0.319. The number of ether oxygens (including phenoxy) is 1. The number of nitrogens with two attached hydrogens (primary N) is 2. The molecule has 0 saturated heterocycles. The summed E-state index contributed by atoms with van der Waals surface area (Å²) in [5, 5.41) is 36.8. The monoisotopic (exact) mass is 328 g/mol. The lowest BCUT2D eigenvalue weighted by atomic mass is 9.95. The first-order chi connectivity index (χ1) is 11.4. The molecule has 8 nitrogen and oxygen atoms in total. The van der Waals surface area contributed by atoms with Crippen LogP contribution in [0.4, 0.5) is 0 Å². The number of benzene rings is 2. The zero-order valence-corrected chi connectivity index (χ0v) is 12.5. The van der Waals surface area contributed by atoms with Crippen LogP contribution in [0.25, 0.3) is 0 Å². The van der Waals surface area contributed by atoms with E-state index >= 15 is 0 Å². The van der Waals surface area contributed by atoms with Gasteiger partial charge in [-0.2, -0.15) is 5.10 Å². The summed E-state index contributed by atoms with van der Waals surface area (Å²) < 4.78 is 5.86. The highest BCUT2D eigenvalue weighted by atomic mass is 16.5. The Morgan fingerprint density at radius 2 is 1.75 bits per heavy atom. The van der Waals surface area contributed by atoms with Gasteiger partial charge in [0.25, 0.3) is 0 Å². The van der Waals surface area contributed by atoms with E-state index in [1.165, 1.54) is 12.1 Å². The highest BCUT2D eigenvalue weighted by Crippen LogP contribution is 2.42. The number of nitrogens with zero attached hydrogens (tertiary/aromatic N) is 2. The molecular formula is C16H16N4O4. The van der Waals surface area contributed by atoms with Crippen LogP contribution >= 0.6 is 0 Å².